The van der Waals surface area contributed by atoms with E-state index in [4.69, 9.17) is 25.8 Å². The first kappa shape index (κ1) is 23.5. The molecule has 2 fully saturated rings. The van der Waals surface area contributed by atoms with Gasteiger partial charge in [0, 0.05) is 37.1 Å². The van der Waals surface area contributed by atoms with Gasteiger partial charge in [-0.15, -0.1) is 0 Å². The Morgan fingerprint density at radius 3 is 2.67 bits per heavy atom. The van der Waals surface area contributed by atoms with Crippen LogP contribution in [0.5, 0.6) is 5.75 Å². The summed E-state index contributed by atoms with van der Waals surface area (Å²) >= 11 is 6.13. The van der Waals surface area contributed by atoms with E-state index in [-0.39, 0.29) is 37.9 Å². The third-order valence-electron chi connectivity index (χ3n) is 5.93. The molecule has 33 heavy (non-hydrogen) atoms. The molecule has 4 rings (SSSR count). The number of hydrogen-bond donors (Lipinski definition) is 0. The number of hydrogen-bond acceptors (Lipinski definition) is 6. The molecule has 9 nitrogen and oxygen atoms in total. The molecule has 2 saturated heterocycles. The highest BCUT2D eigenvalue weighted by Crippen LogP contribution is 2.27. The third kappa shape index (κ3) is 6.04. The van der Waals surface area contributed by atoms with Crippen LogP contribution in [0, 0.1) is 6.92 Å². The van der Waals surface area contributed by atoms with Crippen LogP contribution in [0.4, 0.5) is 0 Å². The van der Waals surface area contributed by atoms with Gasteiger partial charge in [0.1, 0.15) is 24.5 Å². The van der Waals surface area contributed by atoms with E-state index in [1.807, 2.05) is 13.0 Å². The van der Waals surface area contributed by atoms with Crippen LogP contribution in [-0.2, 0) is 25.6 Å². The number of halogens is 1. The predicted octanol–water partition coefficient (Wildman–Crippen LogP) is 1.77. The molecule has 0 bridgehead atoms. The standard InChI is InChI=1S/C23H29ClN4O5/c1-18-13-19(3-4-20(18)24)32-17-23(14-21(29)26-7-10-31-11-8-26)16-27(9-12-33-23)22(30)15-28-6-2-5-25-28/h2-6,13H,7-12,14-17H2,1H3/t23-/m0/s1. The molecule has 0 N–H and O–H groups in total. The molecular formula is C23H29ClN4O5. The van der Waals surface area contributed by atoms with E-state index < -0.39 is 5.60 Å². The summed E-state index contributed by atoms with van der Waals surface area (Å²) in [7, 11) is 0. The Hall–Kier alpha value is -2.62. The highest BCUT2D eigenvalue weighted by atomic mass is 35.5. The molecule has 2 amide bonds. The van der Waals surface area contributed by atoms with Gasteiger partial charge in [-0.25, -0.2) is 0 Å². The Bertz CT molecular complexity index is 964. The second kappa shape index (κ2) is 10.5. The summed E-state index contributed by atoms with van der Waals surface area (Å²) in [6, 6.07) is 7.19. The molecule has 0 saturated carbocycles. The number of aromatic nitrogens is 2. The van der Waals surface area contributed by atoms with Crippen molar-refractivity contribution in [1.29, 1.82) is 0 Å². The first-order chi connectivity index (χ1) is 15.9. The number of benzene rings is 1. The molecular weight excluding hydrogens is 448 g/mol. The Morgan fingerprint density at radius 1 is 1.15 bits per heavy atom. The van der Waals surface area contributed by atoms with Crippen LogP contribution in [0.2, 0.25) is 5.02 Å². The quantitative estimate of drug-likeness (QED) is 0.605. The van der Waals surface area contributed by atoms with Gasteiger partial charge in [0.15, 0.2) is 0 Å². The average molecular weight is 477 g/mol. The molecule has 3 heterocycles. The zero-order chi connectivity index (χ0) is 23.3. The van der Waals surface area contributed by atoms with Gasteiger partial charge in [0.2, 0.25) is 11.8 Å². The van der Waals surface area contributed by atoms with Gasteiger partial charge in [0.25, 0.3) is 0 Å². The van der Waals surface area contributed by atoms with Gasteiger partial charge in [-0.2, -0.15) is 5.10 Å². The third-order valence-corrected chi connectivity index (χ3v) is 6.35. The Kier molecular flexibility index (Phi) is 7.52. The van der Waals surface area contributed by atoms with Crippen molar-refractivity contribution in [3.8, 4) is 5.75 Å². The van der Waals surface area contributed by atoms with Gasteiger partial charge in [-0.1, -0.05) is 11.6 Å². The first-order valence-electron chi connectivity index (χ1n) is 11.1. The summed E-state index contributed by atoms with van der Waals surface area (Å²) in [5, 5.41) is 4.77. The fourth-order valence-corrected chi connectivity index (χ4v) is 4.18. The predicted molar refractivity (Wildman–Crippen MR) is 121 cm³/mol. The van der Waals surface area contributed by atoms with Crippen LogP contribution in [0.1, 0.15) is 12.0 Å². The summed E-state index contributed by atoms with van der Waals surface area (Å²) in [4.78, 5) is 29.6. The fraction of sp³-hybridized carbons (Fsp3) is 0.522. The van der Waals surface area contributed by atoms with Crippen molar-refractivity contribution in [2.24, 2.45) is 0 Å². The lowest BCUT2D eigenvalue weighted by Gasteiger charge is -2.43. The van der Waals surface area contributed by atoms with Crippen molar-refractivity contribution in [1.82, 2.24) is 19.6 Å². The number of aryl methyl sites for hydroxylation is 1. The average Bonchev–Trinajstić information content (AvgIpc) is 3.34. The van der Waals surface area contributed by atoms with Gasteiger partial charge >= 0.3 is 0 Å². The van der Waals surface area contributed by atoms with Gasteiger partial charge in [-0.05, 0) is 36.8 Å². The minimum Gasteiger partial charge on any atom is -0.490 e. The zero-order valence-electron chi connectivity index (χ0n) is 18.7. The molecule has 1 atom stereocenters. The van der Waals surface area contributed by atoms with E-state index in [1.165, 1.54) is 0 Å². The first-order valence-corrected chi connectivity index (χ1v) is 11.5. The molecule has 0 aliphatic carbocycles. The normalized spacial score (nSPS) is 21.2. The number of nitrogens with zero attached hydrogens (tertiary/aromatic N) is 4. The molecule has 178 valence electrons. The molecule has 0 radical (unpaired) electrons. The minimum atomic E-state index is -0.957. The second-order valence-electron chi connectivity index (χ2n) is 8.42. The van der Waals surface area contributed by atoms with E-state index in [0.29, 0.717) is 50.2 Å². The van der Waals surface area contributed by atoms with Gasteiger partial charge < -0.3 is 24.0 Å². The summed E-state index contributed by atoms with van der Waals surface area (Å²) in [5.74, 6) is 0.529. The largest absolute Gasteiger partial charge is 0.490 e. The van der Waals surface area contributed by atoms with E-state index in [1.54, 1.807) is 45.1 Å². The van der Waals surface area contributed by atoms with Crippen LogP contribution in [-0.4, -0.2) is 89.6 Å². The van der Waals surface area contributed by atoms with E-state index >= 15 is 0 Å². The molecule has 2 aliphatic heterocycles. The molecule has 0 spiro atoms. The lowest BCUT2D eigenvalue weighted by atomic mass is 9.96. The smallest absolute Gasteiger partial charge is 0.244 e. The fourth-order valence-electron chi connectivity index (χ4n) is 4.06. The molecule has 1 aromatic heterocycles. The van der Waals surface area contributed by atoms with Crippen LogP contribution in [0.15, 0.2) is 36.7 Å². The SMILES string of the molecule is Cc1cc(OC[C@]2(CC(=O)N3CCOCC3)CN(C(=O)Cn3cccn3)CCO2)ccc1Cl. The van der Waals surface area contributed by atoms with Crippen molar-refractivity contribution in [2.75, 3.05) is 52.6 Å². The number of carbonyl (C=O) groups is 2. The van der Waals surface area contributed by atoms with Gasteiger partial charge in [-0.3, -0.25) is 14.3 Å². The van der Waals surface area contributed by atoms with Gasteiger partial charge in [0.05, 0.1) is 32.8 Å². The molecule has 0 unspecified atom stereocenters. The van der Waals surface area contributed by atoms with Crippen LogP contribution in [0.3, 0.4) is 0 Å². The lowest BCUT2D eigenvalue weighted by molar-refractivity contribution is -0.167. The van der Waals surface area contributed by atoms with Crippen molar-refractivity contribution in [2.45, 2.75) is 25.5 Å². The Labute approximate surface area is 198 Å². The maximum atomic E-state index is 13.1. The van der Waals surface area contributed by atoms with Crippen LogP contribution in [0.25, 0.3) is 0 Å². The number of ether oxygens (including phenoxy) is 3. The number of morpholine rings is 2. The number of rotatable bonds is 7. The highest BCUT2D eigenvalue weighted by Gasteiger charge is 2.42. The Morgan fingerprint density at radius 2 is 1.94 bits per heavy atom. The zero-order valence-corrected chi connectivity index (χ0v) is 19.5. The van der Waals surface area contributed by atoms with E-state index in [0.717, 1.165) is 5.56 Å². The summed E-state index contributed by atoms with van der Waals surface area (Å²) < 4.78 is 19.2. The number of amides is 2. The summed E-state index contributed by atoms with van der Waals surface area (Å²) in [5.41, 5.74) is -0.0609. The number of carbonyl (C=O) groups excluding carboxylic acids is 2. The van der Waals surface area contributed by atoms with Crippen molar-refractivity contribution in [3.05, 3.63) is 47.2 Å². The monoisotopic (exact) mass is 476 g/mol. The minimum absolute atomic E-state index is 0.0319. The summed E-state index contributed by atoms with van der Waals surface area (Å²) in [6.07, 6.45) is 3.50. The van der Waals surface area contributed by atoms with E-state index in [9.17, 15) is 9.59 Å². The summed E-state index contributed by atoms with van der Waals surface area (Å²) in [6.45, 7) is 5.35. The van der Waals surface area contributed by atoms with Crippen molar-refractivity contribution < 1.29 is 23.8 Å². The van der Waals surface area contributed by atoms with Crippen molar-refractivity contribution in [3.63, 3.8) is 0 Å². The molecule has 2 aromatic rings. The van der Waals surface area contributed by atoms with Crippen molar-refractivity contribution >= 4 is 23.4 Å². The molecule has 1 aromatic carbocycles. The van der Waals surface area contributed by atoms with Crippen LogP contribution >= 0.6 is 11.6 Å². The van der Waals surface area contributed by atoms with Crippen LogP contribution < -0.4 is 4.74 Å². The maximum Gasteiger partial charge on any atom is 0.244 e. The highest BCUT2D eigenvalue weighted by molar-refractivity contribution is 6.31. The van der Waals surface area contributed by atoms with E-state index in [2.05, 4.69) is 5.10 Å². The second-order valence-corrected chi connectivity index (χ2v) is 8.83. The maximum absolute atomic E-state index is 13.1. The molecule has 2 aliphatic rings. The topological polar surface area (TPSA) is 86.1 Å². The Balaban J connectivity index is 1.49. The lowest BCUT2D eigenvalue weighted by Crippen LogP contribution is -2.59. The molecule has 10 heteroatoms.